The molecule has 11 heteroatoms. The monoisotopic (exact) mass is 605 g/mol. The summed E-state index contributed by atoms with van der Waals surface area (Å²) in [5.41, 5.74) is 1.61. The summed E-state index contributed by atoms with van der Waals surface area (Å²) in [4.78, 5) is 28.2. The molecule has 0 saturated heterocycles. The highest BCUT2D eigenvalue weighted by Crippen LogP contribution is 2.29. The van der Waals surface area contributed by atoms with Crippen LogP contribution < -0.4 is 14.4 Å². The van der Waals surface area contributed by atoms with E-state index in [4.69, 9.17) is 27.9 Å². The summed E-state index contributed by atoms with van der Waals surface area (Å²) in [5, 5.41) is 3.24. The molecule has 40 heavy (non-hydrogen) atoms. The lowest BCUT2D eigenvalue weighted by Gasteiger charge is -2.33. The van der Waals surface area contributed by atoms with Gasteiger partial charge in [-0.1, -0.05) is 53.9 Å². The molecule has 0 fully saturated rings. The highest BCUT2D eigenvalue weighted by molar-refractivity contribution is 7.92. The van der Waals surface area contributed by atoms with Gasteiger partial charge in [-0.25, -0.2) is 8.42 Å². The fourth-order valence-corrected chi connectivity index (χ4v) is 6.11. The van der Waals surface area contributed by atoms with Crippen molar-refractivity contribution < 1.29 is 22.7 Å². The molecular formula is C29H33Cl2N3O5S. The third kappa shape index (κ3) is 7.27. The van der Waals surface area contributed by atoms with E-state index in [-0.39, 0.29) is 23.5 Å². The number of likely N-dealkylation sites (N-methyl/N-ethyl adjacent to an activating group) is 1. The van der Waals surface area contributed by atoms with Crippen LogP contribution in [0.3, 0.4) is 0 Å². The minimum Gasteiger partial charge on any atom is -0.494 e. The fraction of sp³-hybridized carbons (Fsp3) is 0.310. The van der Waals surface area contributed by atoms with E-state index in [1.165, 1.54) is 24.1 Å². The van der Waals surface area contributed by atoms with Crippen molar-refractivity contribution >= 4 is 50.7 Å². The molecule has 0 bridgehead atoms. The summed E-state index contributed by atoms with van der Waals surface area (Å²) >= 11 is 12.8. The lowest BCUT2D eigenvalue weighted by atomic mass is 10.1. The Morgan fingerprint density at radius 1 is 0.950 bits per heavy atom. The topological polar surface area (TPSA) is 96.0 Å². The Labute approximate surface area is 245 Å². The molecule has 2 amide bonds. The molecule has 0 spiro atoms. The number of sulfonamides is 1. The van der Waals surface area contributed by atoms with E-state index in [0.29, 0.717) is 28.0 Å². The minimum atomic E-state index is -4.18. The number of rotatable bonds is 12. The third-order valence-electron chi connectivity index (χ3n) is 6.35. The molecule has 1 N–H and O–H groups in total. The number of carbonyl (C=O) groups excluding carboxylic acids is 2. The summed E-state index contributed by atoms with van der Waals surface area (Å²) in [6.07, 6.45) is 0.279. The summed E-state index contributed by atoms with van der Waals surface area (Å²) < 4.78 is 34.4. The van der Waals surface area contributed by atoms with Gasteiger partial charge in [0.1, 0.15) is 18.3 Å². The molecular weight excluding hydrogens is 573 g/mol. The smallest absolute Gasteiger partial charge is 0.264 e. The molecule has 3 rings (SSSR count). The maximum absolute atomic E-state index is 14.0. The van der Waals surface area contributed by atoms with Gasteiger partial charge in [0.2, 0.25) is 11.8 Å². The van der Waals surface area contributed by atoms with E-state index in [9.17, 15) is 18.0 Å². The molecule has 0 aliphatic carbocycles. The number of halogens is 2. The molecule has 0 unspecified atom stereocenters. The fourth-order valence-electron chi connectivity index (χ4n) is 4.18. The van der Waals surface area contributed by atoms with Crippen LogP contribution in [0.1, 0.15) is 31.4 Å². The van der Waals surface area contributed by atoms with Gasteiger partial charge in [-0.3, -0.25) is 13.9 Å². The van der Waals surface area contributed by atoms with Gasteiger partial charge < -0.3 is 15.0 Å². The lowest BCUT2D eigenvalue weighted by Crippen LogP contribution is -2.51. The molecule has 3 aromatic carbocycles. The van der Waals surface area contributed by atoms with Gasteiger partial charge >= 0.3 is 0 Å². The van der Waals surface area contributed by atoms with Crippen LogP contribution in [0.5, 0.6) is 5.75 Å². The quantitative estimate of drug-likeness (QED) is 0.296. The van der Waals surface area contributed by atoms with Crippen molar-refractivity contribution in [3.63, 3.8) is 0 Å². The SMILES string of the molecule is CCOc1ccc(N(CC(=O)N(Cc2c(Cl)cccc2Cl)[C@H](CC)C(=O)NC)S(=O)(=O)c2ccc(C)cc2)cc1. The number of benzene rings is 3. The number of ether oxygens (including phenoxy) is 1. The van der Waals surface area contributed by atoms with Gasteiger partial charge in [0.05, 0.1) is 17.2 Å². The van der Waals surface area contributed by atoms with Gasteiger partial charge in [0, 0.05) is 29.2 Å². The standard InChI is InChI=1S/C29H33Cl2N3O5S/c1-5-27(29(36)32-4)33(18-24-25(30)8-7-9-26(24)31)28(35)19-34(21-12-14-22(15-13-21)39-6-2)40(37,38)23-16-10-20(3)11-17-23/h7-17,27H,5-6,18-19H2,1-4H3,(H,32,36)/t27-/m1/s1. The van der Waals surface area contributed by atoms with Crippen LogP contribution in [0.25, 0.3) is 0 Å². The largest absolute Gasteiger partial charge is 0.494 e. The number of aryl methyl sites for hydroxylation is 1. The number of hydrogen-bond acceptors (Lipinski definition) is 5. The van der Waals surface area contributed by atoms with E-state index >= 15 is 0 Å². The van der Waals surface area contributed by atoms with Crippen LogP contribution >= 0.6 is 23.2 Å². The number of nitrogens with zero attached hydrogens (tertiary/aromatic N) is 2. The molecule has 3 aromatic rings. The van der Waals surface area contributed by atoms with Crippen molar-refractivity contribution in [2.24, 2.45) is 0 Å². The average Bonchev–Trinajstić information content (AvgIpc) is 2.93. The van der Waals surface area contributed by atoms with E-state index in [0.717, 1.165) is 9.87 Å². The predicted octanol–water partition coefficient (Wildman–Crippen LogP) is 5.45. The maximum Gasteiger partial charge on any atom is 0.264 e. The molecule has 0 aliphatic heterocycles. The highest BCUT2D eigenvalue weighted by Gasteiger charge is 2.34. The maximum atomic E-state index is 14.0. The number of hydrogen-bond donors (Lipinski definition) is 1. The van der Waals surface area contributed by atoms with Gasteiger partial charge in [-0.05, 0) is 68.8 Å². The summed E-state index contributed by atoms with van der Waals surface area (Å²) in [6, 6.07) is 16.9. The Kier molecular flexibility index (Phi) is 10.8. The molecule has 1 atom stereocenters. The predicted molar refractivity (Wildman–Crippen MR) is 158 cm³/mol. The van der Waals surface area contributed by atoms with Crippen LogP contribution in [0.2, 0.25) is 10.0 Å². The summed E-state index contributed by atoms with van der Waals surface area (Å²) in [5.74, 6) is -0.435. The van der Waals surface area contributed by atoms with Crippen molar-refractivity contribution in [1.82, 2.24) is 10.2 Å². The first-order chi connectivity index (χ1) is 19.0. The summed E-state index contributed by atoms with van der Waals surface area (Å²) in [6.45, 7) is 5.25. The molecule has 0 radical (unpaired) electrons. The Hall–Kier alpha value is -3.27. The first-order valence-electron chi connectivity index (χ1n) is 12.8. The second-order valence-electron chi connectivity index (χ2n) is 9.01. The van der Waals surface area contributed by atoms with Crippen molar-refractivity contribution in [2.75, 3.05) is 24.5 Å². The van der Waals surface area contributed by atoms with Crippen molar-refractivity contribution in [1.29, 1.82) is 0 Å². The Bertz CT molecular complexity index is 1410. The molecule has 0 heterocycles. The van der Waals surface area contributed by atoms with Gasteiger partial charge in [-0.2, -0.15) is 0 Å². The molecule has 8 nitrogen and oxygen atoms in total. The number of amides is 2. The first-order valence-corrected chi connectivity index (χ1v) is 15.0. The molecule has 0 aliphatic rings. The molecule has 0 saturated carbocycles. The van der Waals surface area contributed by atoms with Crippen LogP contribution in [0, 0.1) is 6.92 Å². The second kappa shape index (κ2) is 13.9. The van der Waals surface area contributed by atoms with Crippen molar-refractivity contribution in [2.45, 2.75) is 44.7 Å². The normalized spacial score (nSPS) is 11.9. The van der Waals surface area contributed by atoms with Crippen LogP contribution in [0.4, 0.5) is 5.69 Å². The van der Waals surface area contributed by atoms with Crippen molar-refractivity contribution in [3.8, 4) is 5.75 Å². The Balaban J connectivity index is 2.09. The minimum absolute atomic E-state index is 0.0267. The van der Waals surface area contributed by atoms with E-state index in [2.05, 4.69) is 5.32 Å². The molecule has 214 valence electrons. The zero-order chi connectivity index (χ0) is 29.4. The average molecular weight is 607 g/mol. The van der Waals surface area contributed by atoms with E-state index in [1.807, 2.05) is 13.8 Å². The van der Waals surface area contributed by atoms with Gasteiger partial charge in [0.15, 0.2) is 0 Å². The Morgan fingerprint density at radius 2 is 1.55 bits per heavy atom. The highest BCUT2D eigenvalue weighted by atomic mass is 35.5. The number of nitrogens with one attached hydrogen (secondary N) is 1. The Morgan fingerprint density at radius 3 is 2.08 bits per heavy atom. The van der Waals surface area contributed by atoms with Crippen LogP contribution in [0.15, 0.2) is 71.6 Å². The number of carbonyl (C=O) groups is 2. The molecule has 0 aromatic heterocycles. The lowest BCUT2D eigenvalue weighted by molar-refractivity contribution is -0.140. The van der Waals surface area contributed by atoms with Crippen LogP contribution in [-0.4, -0.2) is 51.4 Å². The third-order valence-corrected chi connectivity index (χ3v) is 8.84. The van der Waals surface area contributed by atoms with Crippen LogP contribution in [-0.2, 0) is 26.2 Å². The zero-order valence-electron chi connectivity index (χ0n) is 22.9. The second-order valence-corrected chi connectivity index (χ2v) is 11.7. The van der Waals surface area contributed by atoms with E-state index in [1.54, 1.807) is 61.5 Å². The van der Waals surface area contributed by atoms with Gasteiger partial charge in [0.25, 0.3) is 10.0 Å². The van der Waals surface area contributed by atoms with Gasteiger partial charge in [-0.15, -0.1) is 0 Å². The number of anilines is 1. The van der Waals surface area contributed by atoms with Crippen molar-refractivity contribution in [3.05, 3.63) is 87.9 Å². The first kappa shape index (κ1) is 31.3. The van der Waals surface area contributed by atoms with E-state index < -0.39 is 34.4 Å². The zero-order valence-corrected chi connectivity index (χ0v) is 25.2. The summed E-state index contributed by atoms with van der Waals surface area (Å²) in [7, 11) is -2.70.